The summed E-state index contributed by atoms with van der Waals surface area (Å²) >= 11 is 0. The number of pyridine rings is 1. The zero-order valence-corrected chi connectivity index (χ0v) is 23.3. The number of aromatic nitrogens is 6. The van der Waals surface area contributed by atoms with E-state index in [4.69, 9.17) is 9.84 Å². The number of benzene rings is 1. The van der Waals surface area contributed by atoms with Gasteiger partial charge < -0.3 is 15.0 Å². The van der Waals surface area contributed by atoms with Gasteiger partial charge in [0.2, 0.25) is 0 Å². The summed E-state index contributed by atoms with van der Waals surface area (Å²) in [5.74, 6) is 0.250. The third-order valence-corrected chi connectivity index (χ3v) is 7.10. The molecule has 0 aliphatic heterocycles. The Morgan fingerprint density at radius 3 is 2.49 bits per heavy atom. The number of rotatable bonds is 7. The third-order valence-electron chi connectivity index (χ3n) is 7.10. The number of anilines is 2. The van der Waals surface area contributed by atoms with Crippen LogP contribution in [-0.4, -0.2) is 41.3 Å². The number of ether oxygens (including phenoxy) is 1. The van der Waals surface area contributed by atoms with E-state index in [9.17, 15) is 9.59 Å². The first kappa shape index (κ1) is 26.6. The highest BCUT2D eigenvalue weighted by molar-refractivity contribution is 5.91. The molecule has 3 heterocycles. The summed E-state index contributed by atoms with van der Waals surface area (Å²) in [6.45, 7) is 9.66. The number of H-pyrrole nitrogens is 1. The normalized spacial score (nSPS) is 15.5. The number of aromatic amines is 1. The highest BCUT2D eigenvalue weighted by Crippen LogP contribution is 2.33. The maximum Gasteiger partial charge on any atom is 0.361 e. The van der Waals surface area contributed by atoms with Crippen molar-refractivity contribution in [1.29, 1.82) is 0 Å². The maximum atomic E-state index is 12.8. The molecule has 0 radical (unpaired) electrons. The minimum absolute atomic E-state index is 0.128. The fourth-order valence-electron chi connectivity index (χ4n) is 5.37. The lowest BCUT2D eigenvalue weighted by atomic mass is 9.95. The Balaban J connectivity index is 1.40. The van der Waals surface area contributed by atoms with E-state index in [2.05, 4.69) is 34.5 Å². The number of fused-ring (bicyclic) bond motifs is 1. The van der Waals surface area contributed by atoms with Crippen LogP contribution in [0.2, 0.25) is 0 Å². The van der Waals surface area contributed by atoms with Crippen molar-refractivity contribution in [3.05, 3.63) is 64.3 Å². The van der Waals surface area contributed by atoms with E-state index >= 15 is 0 Å². The molecule has 2 N–H and O–H groups in total. The van der Waals surface area contributed by atoms with Crippen LogP contribution in [0.4, 0.5) is 11.5 Å². The van der Waals surface area contributed by atoms with Crippen LogP contribution in [-0.2, 0) is 4.74 Å². The molecule has 206 valence electrons. The average molecular weight is 532 g/mol. The van der Waals surface area contributed by atoms with Crippen LogP contribution in [0.3, 0.4) is 0 Å². The molecule has 0 saturated heterocycles. The Bertz CT molecular complexity index is 1500. The molecule has 4 aromatic rings. The van der Waals surface area contributed by atoms with Crippen LogP contribution in [0.1, 0.15) is 94.9 Å². The van der Waals surface area contributed by atoms with Gasteiger partial charge in [-0.2, -0.15) is 5.10 Å². The second-order valence-electron chi connectivity index (χ2n) is 11.7. The highest BCUT2D eigenvalue weighted by atomic mass is 16.6. The molecule has 1 aromatic carbocycles. The van der Waals surface area contributed by atoms with Crippen molar-refractivity contribution in [3.8, 4) is 0 Å². The van der Waals surface area contributed by atoms with Gasteiger partial charge in [-0.15, -0.1) is 5.10 Å². The largest absolute Gasteiger partial charge is 0.455 e. The van der Waals surface area contributed by atoms with Gasteiger partial charge in [0.1, 0.15) is 11.0 Å². The van der Waals surface area contributed by atoms with Gasteiger partial charge in [-0.1, -0.05) is 50.5 Å². The topological polar surface area (TPSA) is 120 Å². The molecule has 0 spiro atoms. The number of nitrogens with one attached hydrogen (secondary N) is 2. The first-order valence-electron chi connectivity index (χ1n) is 13.7. The Kier molecular flexibility index (Phi) is 7.29. The molecule has 10 heteroatoms. The molecular weight excluding hydrogens is 494 g/mol. The van der Waals surface area contributed by atoms with E-state index in [1.54, 1.807) is 17.1 Å². The smallest absolute Gasteiger partial charge is 0.361 e. The summed E-state index contributed by atoms with van der Waals surface area (Å²) in [6, 6.07) is 10.1. The zero-order valence-electron chi connectivity index (χ0n) is 23.3. The van der Waals surface area contributed by atoms with Crippen LogP contribution in [0.15, 0.2) is 47.5 Å². The van der Waals surface area contributed by atoms with Crippen molar-refractivity contribution in [2.75, 3.05) is 5.32 Å². The Morgan fingerprint density at radius 2 is 1.82 bits per heavy atom. The molecular formula is C29H37N7O3. The predicted molar refractivity (Wildman–Crippen MR) is 150 cm³/mol. The van der Waals surface area contributed by atoms with E-state index in [0.29, 0.717) is 17.2 Å². The van der Waals surface area contributed by atoms with E-state index in [1.807, 2.05) is 55.8 Å². The Labute approximate surface area is 227 Å². The monoisotopic (exact) mass is 531 g/mol. The van der Waals surface area contributed by atoms with Crippen molar-refractivity contribution in [3.63, 3.8) is 0 Å². The summed E-state index contributed by atoms with van der Waals surface area (Å²) in [5.41, 5.74) is 2.12. The van der Waals surface area contributed by atoms with E-state index in [1.165, 1.54) is 19.3 Å². The van der Waals surface area contributed by atoms with Crippen LogP contribution in [0.25, 0.3) is 10.9 Å². The van der Waals surface area contributed by atoms with Gasteiger partial charge >= 0.3 is 5.97 Å². The van der Waals surface area contributed by atoms with Crippen LogP contribution in [0, 0.1) is 5.92 Å². The SMILES string of the molecule is CC(C)C(c1ccc(Nc2nn(C3CCCCC3)c3cc[nH]c(=O)c23)cc1)n1cc(C(=O)OC(C)(C)C)nn1. The lowest BCUT2D eigenvalue weighted by Gasteiger charge is -2.22. The van der Waals surface area contributed by atoms with E-state index in [-0.39, 0.29) is 23.2 Å². The Morgan fingerprint density at radius 1 is 1.10 bits per heavy atom. The van der Waals surface area contributed by atoms with Gasteiger partial charge in [0, 0.05) is 11.9 Å². The van der Waals surface area contributed by atoms with Crippen molar-refractivity contribution in [2.24, 2.45) is 5.92 Å². The molecule has 5 rings (SSSR count). The maximum absolute atomic E-state index is 12.8. The standard InChI is InChI=1S/C29H37N7O3/c1-18(2)25(35-17-22(32-34-35)28(38)39-29(3,4)5)19-11-13-20(14-12-19)31-26-24-23(15-16-30-27(24)37)36(33-26)21-9-7-6-8-10-21/h11-18,21,25H,6-10H2,1-5H3,(H,30,37)(H,31,33). The summed E-state index contributed by atoms with van der Waals surface area (Å²) in [5, 5.41) is 17.1. The first-order chi connectivity index (χ1) is 18.6. The number of hydrogen-bond donors (Lipinski definition) is 2. The quantitative estimate of drug-likeness (QED) is 0.291. The van der Waals surface area contributed by atoms with Crippen molar-refractivity contribution in [1.82, 2.24) is 29.8 Å². The van der Waals surface area contributed by atoms with Gasteiger partial charge in [-0.3, -0.25) is 9.48 Å². The van der Waals surface area contributed by atoms with Crippen LogP contribution >= 0.6 is 0 Å². The molecule has 1 atom stereocenters. The minimum Gasteiger partial charge on any atom is -0.455 e. The second kappa shape index (κ2) is 10.7. The number of hydrogen-bond acceptors (Lipinski definition) is 7. The number of carbonyl (C=O) groups excluding carboxylic acids is 1. The molecule has 1 aliphatic carbocycles. The molecule has 1 fully saturated rings. The second-order valence-corrected chi connectivity index (χ2v) is 11.7. The average Bonchev–Trinajstić information content (AvgIpc) is 3.51. The van der Waals surface area contributed by atoms with Gasteiger partial charge in [0.15, 0.2) is 11.5 Å². The molecule has 39 heavy (non-hydrogen) atoms. The third kappa shape index (κ3) is 5.74. The Hall–Kier alpha value is -3.95. The fraction of sp³-hybridized carbons (Fsp3) is 0.483. The molecule has 1 saturated carbocycles. The minimum atomic E-state index is -0.608. The molecule has 3 aromatic heterocycles. The van der Waals surface area contributed by atoms with Gasteiger partial charge in [-0.05, 0) is 63.3 Å². The van der Waals surface area contributed by atoms with E-state index < -0.39 is 11.6 Å². The molecule has 0 bridgehead atoms. The molecule has 1 aliphatic rings. The summed E-state index contributed by atoms with van der Waals surface area (Å²) in [7, 11) is 0. The fourth-order valence-corrected chi connectivity index (χ4v) is 5.37. The lowest BCUT2D eigenvalue weighted by molar-refractivity contribution is 0.00626. The number of nitrogens with zero attached hydrogens (tertiary/aromatic N) is 5. The predicted octanol–water partition coefficient (Wildman–Crippen LogP) is 5.77. The zero-order chi connectivity index (χ0) is 27.7. The summed E-state index contributed by atoms with van der Waals surface area (Å²) < 4.78 is 9.18. The molecule has 1 unspecified atom stereocenters. The van der Waals surface area contributed by atoms with Crippen molar-refractivity contribution < 1.29 is 9.53 Å². The van der Waals surface area contributed by atoms with Crippen molar-refractivity contribution >= 4 is 28.4 Å². The van der Waals surface area contributed by atoms with Gasteiger partial charge in [0.05, 0.1) is 23.8 Å². The van der Waals surface area contributed by atoms with E-state index in [0.717, 1.165) is 29.6 Å². The summed E-state index contributed by atoms with van der Waals surface area (Å²) in [6.07, 6.45) is 9.10. The number of carbonyl (C=O) groups is 1. The molecule has 0 amide bonds. The van der Waals surface area contributed by atoms with Gasteiger partial charge in [-0.25, -0.2) is 9.48 Å². The first-order valence-corrected chi connectivity index (χ1v) is 13.7. The number of esters is 1. The van der Waals surface area contributed by atoms with Crippen LogP contribution in [0.5, 0.6) is 0 Å². The van der Waals surface area contributed by atoms with Gasteiger partial charge in [0.25, 0.3) is 5.56 Å². The summed E-state index contributed by atoms with van der Waals surface area (Å²) in [4.78, 5) is 28.0. The molecule has 10 nitrogen and oxygen atoms in total. The highest BCUT2D eigenvalue weighted by Gasteiger charge is 2.25. The lowest BCUT2D eigenvalue weighted by Crippen LogP contribution is -2.24. The van der Waals surface area contributed by atoms with Crippen molar-refractivity contribution in [2.45, 2.75) is 84.4 Å². The van der Waals surface area contributed by atoms with Crippen LogP contribution < -0.4 is 10.9 Å².